The first kappa shape index (κ1) is 23.5. The summed E-state index contributed by atoms with van der Waals surface area (Å²) >= 11 is 0. The molecule has 1 aromatic heterocycles. The van der Waals surface area contributed by atoms with Crippen LogP contribution in [0.2, 0.25) is 0 Å². The minimum absolute atomic E-state index is 0.174. The van der Waals surface area contributed by atoms with Crippen LogP contribution in [0.1, 0.15) is 53.6 Å². The van der Waals surface area contributed by atoms with Crippen LogP contribution in [-0.4, -0.2) is 41.8 Å². The van der Waals surface area contributed by atoms with Gasteiger partial charge in [0.05, 0.1) is 31.1 Å². The normalized spacial score (nSPS) is 19.6. The lowest BCUT2D eigenvalue weighted by Crippen LogP contribution is -2.49. The third kappa shape index (κ3) is 4.66. The molecular formula is C28H30FN3O3. The fourth-order valence-corrected chi connectivity index (χ4v) is 4.90. The molecule has 2 aliphatic heterocycles. The summed E-state index contributed by atoms with van der Waals surface area (Å²) in [6.07, 6.45) is 1.61. The number of pyridine rings is 1. The number of carbonyl (C=O) groups excluding carboxylic acids is 1. The standard InChI is InChI=1S/C28H30FN3O3/c1-17-4-6-20(31-27(34)19-8-9-30-26(13-19)28(2,3)29)14-23(17)18-5-7-22-24(12-18)32-10-11-35-16-21(32)15-25(22)33/h4-9,12-14,21,25,33H,10-11,15-16H2,1-3H3,(H,31,34). The lowest BCUT2D eigenvalue weighted by Gasteiger charge is -2.43. The van der Waals surface area contributed by atoms with Crippen molar-refractivity contribution in [2.24, 2.45) is 0 Å². The van der Waals surface area contributed by atoms with E-state index in [1.165, 1.54) is 26.1 Å². The summed E-state index contributed by atoms with van der Waals surface area (Å²) in [4.78, 5) is 19.3. The molecule has 1 saturated heterocycles. The third-order valence-electron chi connectivity index (χ3n) is 6.86. The lowest BCUT2D eigenvalue weighted by molar-refractivity contribution is 0.0612. The Morgan fingerprint density at radius 3 is 2.83 bits per heavy atom. The monoisotopic (exact) mass is 475 g/mol. The molecule has 0 aliphatic carbocycles. The van der Waals surface area contributed by atoms with Crippen molar-refractivity contribution in [3.8, 4) is 11.1 Å². The quantitative estimate of drug-likeness (QED) is 0.546. The predicted octanol–water partition coefficient (Wildman–Crippen LogP) is 5.16. The van der Waals surface area contributed by atoms with E-state index in [9.17, 15) is 14.3 Å². The molecule has 35 heavy (non-hydrogen) atoms. The Hall–Kier alpha value is -3.29. The molecular weight excluding hydrogens is 445 g/mol. The van der Waals surface area contributed by atoms with Gasteiger partial charge < -0.3 is 20.1 Å². The molecule has 2 aliphatic rings. The van der Waals surface area contributed by atoms with Crippen LogP contribution in [0.4, 0.5) is 15.8 Å². The zero-order valence-electron chi connectivity index (χ0n) is 20.2. The van der Waals surface area contributed by atoms with Crippen LogP contribution in [0.25, 0.3) is 11.1 Å². The van der Waals surface area contributed by atoms with E-state index in [0.717, 1.165) is 34.5 Å². The third-order valence-corrected chi connectivity index (χ3v) is 6.86. The predicted molar refractivity (Wildman–Crippen MR) is 134 cm³/mol. The van der Waals surface area contributed by atoms with Gasteiger partial charge in [0, 0.05) is 41.7 Å². The van der Waals surface area contributed by atoms with Crippen molar-refractivity contribution in [1.29, 1.82) is 0 Å². The first-order valence-electron chi connectivity index (χ1n) is 11.9. The van der Waals surface area contributed by atoms with Gasteiger partial charge in [0.1, 0.15) is 5.67 Å². The molecule has 1 amide bonds. The number of fused-ring (bicyclic) bond motifs is 3. The first-order valence-corrected chi connectivity index (χ1v) is 11.9. The summed E-state index contributed by atoms with van der Waals surface area (Å²) < 4.78 is 19.9. The van der Waals surface area contributed by atoms with Crippen LogP contribution in [0.15, 0.2) is 54.7 Å². The van der Waals surface area contributed by atoms with E-state index < -0.39 is 11.8 Å². The number of aryl methyl sites for hydroxylation is 1. The molecule has 2 N–H and O–H groups in total. The highest BCUT2D eigenvalue weighted by Gasteiger charge is 2.34. The van der Waals surface area contributed by atoms with Gasteiger partial charge in [0.25, 0.3) is 5.91 Å². The number of anilines is 2. The summed E-state index contributed by atoms with van der Waals surface area (Å²) in [7, 11) is 0. The van der Waals surface area contributed by atoms with Crippen molar-refractivity contribution < 1.29 is 19.0 Å². The minimum atomic E-state index is -1.63. The van der Waals surface area contributed by atoms with E-state index in [0.29, 0.717) is 30.9 Å². The van der Waals surface area contributed by atoms with Crippen LogP contribution in [0.3, 0.4) is 0 Å². The van der Waals surface area contributed by atoms with Crippen molar-refractivity contribution in [1.82, 2.24) is 4.98 Å². The number of hydrogen-bond acceptors (Lipinski definition) is 5. The number of ether oxygens (including phenoxy) is 1. The molecule has 0 radical (unpaired) electrons. The number of nitrogens with zero attached hydrogens (tertiary/aromatic N) is 2. The lowest BCUT2D eigenvalue weighted by atomic mass is 9.89. The number of carbonyl (C=O) groups is 1. The SMILES string of the molecule is Cc1ccc(NC(=O)c2ccnc(C(C)(C)F)c2)cc1-c1ccc2c(c1)N1CCOCC1CC2O. The number of hydrogen-bond donors (Lipinski definition) is 2. The van der Waals surface area contributed by atoms with Gasteiger partial charge in [-0.2, -0.15) is 0 Å². The zero-order valence-corrected chi connectivity index (χ0v) is 20.2. The second-order valence-electron chi connectivity index (χ2n) is 9.83. The molecule has 6 nitrogen and oxygen atoms in total. The molecule has 2 unspecified atom stereocenters. The van der Waals surface area contributed by atoms with Crippen molar-refractivity contribution in [3.63, 3.8) is 0 Å². The Labute approximate surface area is 204 Å². The molecule has 7 heteroatoms. The van der Waals surface area contributed by atoms with Gasteiger partial charge in [-0.25, -0.2) is 4.39 Å². The van der Waals surface area contributed by atoms with Crippen molar-refractivity contribution >= 4 is 17.3 Å². The van der Waals surface area contributed by atoms with Gasteiger partial charge in [0.15, 0.2) is 0 Å². The van der Waals surface area contributed by atoms with Crippen molar-refractivity contribution in [3.05, 3.63) is 77.1 Å². The van der Waals surface area contributed by atoms with Gasteiger partial charge in [0.2, 0.25) is 0 Å². The average molecular weight is 476 g/mol. The molecule has 5 rings (SSSR count). The van der Waals surface area contributed by atoms with E-state index in [1.807, 2.05) is 37.3 Å². The number of rotatable bonds is 4. The summed E-state index contributed by atoms with van der Waals surface area (Å²) in [6, 6.07) is 15.2. The molecule has 0 bridgehead atoms. The fraction of sp³-hybridized carbons (Fsp3) is 0.357. The highest BCUT2D eigenvalue weighted by Crippen LogP contribution is 2.41. The second-order valence-corrected chi connectivity index (χ2v) is 9.83. The first-order chi connectivity index (χ1) is 16.7. The highest BCUT2D eigenvalue weighted by atomic mass is 19.1. The number of aliphatic hydroxyl groups is 1. The van der Waals surface area contributed by atoms with Gasteiger partial charge >= 0.3 is 0 Å². The molecule has 2 aromatic carbocycles. The summed E-state index contributed by atoms with van der Waals surface area (Å²) in [5.74, 6) is -0.322. The van der Waals surface area contributed by atoms with E-state index in [1.54, 1.807) is 6.07 Å². The number of nitrogens with one attached hydrogen (secondary N) is 1. The van der Waals surface area contributed by atoms with Crippen LogP contribution in [0, 0.1) is 6.92 Å². The Balaban J connectivity index is 1.44. The van der Waals surface area contributed by atoms with Gasteiger partial charge in [-0.05, 0) is 67.8 Å². The average Bonchev–Trinajstić information content (AvgIpc) is 2.84. The van der Waals surface area contributed by atoms with E-state index in [2.05, 4.69) is 21.3 Å². The van der Waals surface area contributed by atoms with E-state index in [4.69, 9.17) is 4.74 Å². The molecule has 182 valence electrons. The van der Waals surface area contributed by atoms with Crippen LogP contribution < -0.4 is 10.2 Å². The van der Waals surface area contributed by atoms with E-state index >= 15 is 0 Å². The van der Waals surface area contributed by atoms with Crippen molar-refractivity contribution in [2.45, 2.75) is 45.0 Å². The smallest absolute Gasteiger partial charge is 0.255 e. The molecule has 3 aromatic rings. The van der Waals surface area contributed by atoms with Gasteiger partial charge in [-0.3, -0.25) is 9.78 Å². The number of aromatic nitrogens is 1. The second kappa shape index (κ2) is 9.06. The Morgan fingerprint density at radius 1 is 1.20 bits per heavy atom. The number of amides is 1. The van der Waals surface area contributed by atoms with Crippen molar-refractivity contribution in [2.75, 3.05) is 30.0 Å². The topological polar surface area (TPSA) is 74.7 Å². The van der Waals surface area contributed by atoms with Crippen LogP contribution in [-0.2, 0) is 10.4 Å². The maximum Gasteiger partial charge on any atom is 0.255 e. The highest BCUT2D eigenvalue weighted by molar-refractivity contribution is 6.04. The molecule has 1 fully saturated rings. The summed E-state index contributed by atoms with van der Waals surface area (Å²) in [6.45, 7) is 6.96. The Bertz CT molecular complexity index is 1270. The maximum absolute atomic E-state index is 14.3. The number of halogens is 1. The number of alkyl halides is 1. The Morgan fingerprint density at radius 2 is 2.03 bits per heavy atom. The van der Waals surface area contributed by atoms with Gasteiger partial charge in [-0.1, -0.05) is 18.2 Å². The Kier molecular flexibility index (Phi) is 6.07. The fourth-order valence-electron chi connectivity index (χ4n) is 4.90. The minimum Gasteiger partial charge on any atom is -0.388 e. The number of benzene rings is 2. The molecule has 0 saturated carbocycles. The summed E-state index contributed by atoms with van der Waals surface area (Å²) in [5, 5.41) is 13.6. The van der Waals surface area contributed by atoms with E-state index in [-0.39, 0.29) is 17.6 Å². The largest absolute Gasteiger partial charge is 0.388 e. The molecule has 3 heterocycles. The number of morpholine rings is 1. The van der Waals surface area contributed by atoms with Crippen LogP contribution in [0.5, 0.6) is 0 Å². The maximum atomic E-state index is 14.3. The molecule has 0 spiro atoms. The zero-order chi connectivity index (χ0) is 24.7. The van der Waals surface area contributed by atoms with Gasteiger partial charge in [-0.15, -0.1) is 0 Å². The summed E-state index contributed by atoms with van der Waals surface area (Å²) in [5.41, 5.74) is 4.65. The molecule has 2 atom stereocenters. The van der Waals surface area contributed by atoms with Crippen LogP contribution >= 0.6 is 0 Å². The number of aliphatic hydroxyl groups excluding tert-OH is 1.